The largest absolute Gasteiger partial charge is 0.480 e. The predicted octanol–water partition coefficient (Wildman–Crippen LogP) is -2.01. The summed E-state index contributed by atoms with van der Waals surface area (Å²) in [6.07, 6.45) is -1.05. The number of hydrogen-bond donors (Lipinski definition) is 3. The number of aliphatic hydroxyl groups is 1. The highest BCUT2D eigenvalue weighted by atomic mass is 32.2. The van der Waals surface area contributed by atoms with Gasteiger partial charge in [-0.3, -0.25) is 4.79 Å². The van der Waals surface area contributed by atoms with Crippen molar-refractivity contribution in [2.45, 2.75) is 18.6 Å². The van der Waals surface area contributed by atoms with Crippen LogP contribution in [-0.2, 0) is 19.7 Å². The van der Waals surface area contributed by atoms with Gasteiger partial charge < -0.3 is 14.9 Å². The molecule has 0 aromatic carbocycles. The fourth-order valence-corrected chi connectivity index (χ4v) is 3.02. The number of nitrogens with one attached hydrogen (secondary N) is 1. The first kappa shape index (κ1) is 14.3. The molecule has 8 nitrogen and oxygen atoms in total. The number of aliphatic hydroxyl groups excluding tert-OH is 1. The van der Waals surface area contributed by atoms with Crippen LogP contribution in [0.5, 0.6) is 0 Å². The Bertz CT molecular complexity index is 370. The zero-order valence-corrected chi connectivity index (χ0v) is 10.2. The Kier molecular flexibility index (Phi) is 4.83. The molecule has 0 bridgehead atoms. The van der Waals surface area contributed by atoms with Gasteiger partial charge in [-0.2, -0.15) is 17.4 Å². The number of methoxy groups -OCH3 is 1. The van der Waals surface area contributed by atoms with E-state index in [2.05, 4.69) is 9.46 Å². The molecule has 1 rings (SSSR count). The lowest BCUT2D eigenvalue weighted by Gasteiger charge is -2.20. The molecule has 0 aliphatic carbocycles. The maximum atomic E-state index is 11.8. The van der Waals surface area contributed by atoms with Crippen LogP contribution in [0.4, 0.5) is 0 Å². The van der Waals surface area contributed by atoms with Crippen LogP contribution in [0.25, 0.3) is 0 Å². The lowest BCUT2D eigenvalue weighted by Crippen LogP contribution is -2.47. The van der Waals surface area contributed by atoms with Gasteiger partial charge in [0.2, 0.25) is 0 Å². The fourth-order valence-electron chi connectivity index (χ4n) is 1.63. The topological polar surface area (TPSA) is 116 Å². The van der Waals surface area contributed by atoms with E-state index in [0.29, 0.717) is 0 Å². The van der Waals surface area contributed by atoms with E-state index in [1.807, 2.05) is 0 Å². The number of aliphatic carboxylic acids is 1. The van der Waals surface area contributed by atoms with Crippen LogP contribution < -0.4 is 4.72 Å². The minimum Gasteiger partial charge on any atom is -0.480 e. The van der Waals surface area contributed by atoms with Crippen molar-refractivity contribution in [1.82, 2.24) is 9.03 Å². The molecule has 1 aliphatic heterocycles. The monoisotopic (exact) mass is 268 g/mol. The SMILES string of the molecule is COCCNS(=O)(=O)N1C[C@@H](O)C[C@H]1C(=O)O. The molecule has 1 fully saturated rings. The van der Waals surface area contributed by atoms with Crippen molar-refractivity contribution in [3.63, 3.8) is 0 Å². The number of nitrogens with zero attached hydrogens (tertiary/aromatic N) is 1. The molecule has 2 atom stereocenters. The Morgan fingerprint density at radius 1 is 1.59 bits per heavy atom. The Hall–Kier alpha value is -0.740. The van der Waals surface area contributed by atoms with Crippen molar-refractivity contribution in [3.8, 4) is 0 Å². The maximum Gasteiger partial charge on any atom is 0.322 e. The van der Waals surface area contributed by atoms with Gasteiger partial charge in [0.1, 0.15) is 6.04 Å². The third kappa shape index (κ3) is 3.61. The summed E-state index contributed by atoms with van der Waals surface area (Å²) in [5.74, 6) is -1.27. The van der Waals surface area contributed by atoms with Gasteiger partial charge in [-0.1, -0.05) is 0 Å². The molecule has 17 heavy (non-hydrogen) atoms. The minimum atomic E-state index is -3.90. The molecule has 9 heteroatoms. The average Bonchev–Trinajstić information content (AvgIpc) is 2.61. The summed E-state index contributed by atoms with van der Waals surface area (Å²) < 4.78 is 31.2. The fraction of sp³-hybridized carbons (Fsp3) is 0.875. The van der Waals surface area contributed by atoms with E-state index in [4.69, 9.17) is 5.11 Å². The third-order valence-electron chi connectivity index (χ3n) is 2.42. The zero-order valence-electron chi connectivity index (χ0n) is 9.37. The molecule has 1 aliphatic rings. The Labute approximate surface area is 99.4 Å². The van der Waals surface area contributed by atoms with E-state index >= 15 is 0 Å². The molecular weight excluding hydrogens is 252 g/mol. The van der Waals surface area contributed by atoms with Crippen LogP contribution in [0.1, 0.15) is 6.42 Å². The molecule has 3 N–H and O–H groups in total. The highest BCUT2D eigenvalue weighted by Crippen LogP contribution is 2.20. The van der Waals surface area contributed by atoms with Crippen LogP contribution in [0, 0.1) is 0 Å². The molecule has 1 saturated heterocycles. The highest BCUT2D eigenvalue weighted by Gasteiger charge is 2.42. The average molecular weight is 268 g/mol. The summed E-state index contributed by atoms with van der Waals surface area (Å²) in [4.78, 5) is 10.9. The number of ether oxygens (including phenoxy) is 1. The van der Waals surface area contributed by atoms with Crippen LogP contribution in [0.3, 0.4) is 0 Å². The molecule has 0 radical (unpaired) electrons. The van der Waals surface area contributed by atoms with Crippen LogP contribution in [0.15, 0.2) is 0 Å². The van der Waals surface area contributed by atoms with E-state index in [1.54, 1.807) is 0 Å². The van der Waals surface area contributed by atoms with Crippen LogP contribution in [-0.4, -0.2) is 67.9 Å². The molecule has 100 valence electrons. The van der Waals surface area contributed by atoms with Crippen molar-refractivity contribution in [2.24, 2.45) is 0 Å². The maximum absolute atomic E-state index is 11.8. The summed E-state index contributed by atoms with van der Waals surface area (Å²) in [5, 5.41) is 18.2. The second-order valence-electron chi connectivity index (χ2n) is 3.71. The second-order valence-corrected chi connectivity index (χ2v) is 5.41. The molecular formula is C8H16N2O6S. The van der Waals surface area contributed by atoms with Gasteiger partial charge >= 0.3 is 5.97 Å². The summed E-state index contributed by atoms with van der Waals surface area (Å²) >= 11 is 0. The van der Waals surface area contributed by atoms with E-state index in [9.17, 15) is 18.3 Å². The molecule has 0 saturated carbocycles. The summed E-state index contributed by atoms with van der Waals surface area (Å²) in [6.45, 7) is 0.0322. The number of rotatable bonds is 6. The second kappa shape index (κ2) is 5.74. The van der Waals surface area contributed by atoms with Crippen molar-refractivity contribution in [3.05, 3.63) is 0 Å². The first-order valence-electron chi connectivity index (χ1n) is 5.04. The lowest BCUT2D eigenvalue weighted by atomic mass is 10.2. The van der Waals surface area contributed by atoms with Crippen molar-refractivity contribution >= 4 is 16.2 Å². The Morgan fingerprint density at radius 3 is 2.76 bits per heavy atom. The first-order valence-corrected chi connectivity index (χ1v) is 6.48. The van der Waals surface area contributed by atoms with Crippen molar-refractivity contribution in [1.29, 1.82) is 0 Å². The zero-order chi connectivity index (χ0) is 13.1. The smallest absolute Gasteiger partial charge is 0.322 e. The van der Waals surface area contributed by atoms with Crippen molar-refractivity contribution in [2.75, 3.05) is 26.8 Å². The molecule has 0 aromatic heterocycles. The number of carboxylic acids is 1. The summed E-state index contributed by atoms with van der Waals surface area (Å²) in [5.41, 5.74) is 0. The van der Waals surface area contributed by atoms with E-state index in [-0.39, 0.29) is 26.1 Å². The van der Waals surface area contributed by atoms with Gasteiger partial charge in [-0.25, -0.2) is 0 Å². The Balaban J connectivity index is 2.72. The van der Waals surface area contributed by atoms with E-state index < -0.39 is 28.3 Å². The first-order chi connectivity index (χ1) is 7.88. The van der Waals surface area contributed by atoms with Gasteiger partial charge in [0.15, 0.2) is 0 Å². The summed E-state index contributed by atoms with van der Waals surface area (Å²) in [6, 6.07) is -1.22. The lowest BCUT2D eigenvalue weighted by molar-refractivity contribution is -0.140. The van der Waals surface area contributed by atoms with Crippen LogP contribution in [0.2, 0.25) is 0 Å². The molecule has 0 aromatic rings. The number of β-amino-alcohol motifs (C(OH)–C–C–N with tert-alkyl or cyclic N) is 1. The van der Waals surface area contributed by atoms with Gasteiger partial charge in [0.25, 0.3) is 10.2 Å². The molecule has 0 unspecified atom stereocenters. The Morgan fingerprint density at radius 2 is 2.24 bits per heavy atom. The number of carbonyl (C=O) groups is 1. The van der Waals surface area contributed by atoms with Crippen molar-refractivity contribution < 1.29 is 28.2 Å². The predicted molar refractivity (Wildman–Crippen MR) is 57.6 cm³/mol. The summed E-state index contributed by atoms with van der Waals surface area (Å²) in [7, 11) is -2.47. The number of carboxylic acid groups (broad SMARTS) is 1. The normalized spacial score (nSPS) is 26.2. The van der Waals surface area contributed by atoms with Gasteiger partial charge in [-0.15, -0.1) is 0 Å². The van der Waals surface area contributed by atoms with Gasteiger partial charge in [-0.05, 0) is 0 Å². The molecule has 1 heterocycles. The van der Waals surface area contributed by atoms with E-state index in [1.165, 1.54) is 7.11 Å². The van der Waals surface area contributed by atoms with Gasteiger partial charge in [0, 0.05) is 26.6 Å². The highest BCUT2D eigenvalue weighted by molar-refractivity contribution is 7.87. The van der Waals surface area contributed by atoms with E-state index in [0.717, 1.165) is 4.31 Å². The minimum absolute atomic E-state index is 0.0533. The van der Waals surface area contributed by atoms with Crippen LogP contribution >= 0.6 is 0 Å². The quantitative estimate of drug-likeness (QED) is 0.479. The third-order valence-corrected chi connectivity index (χ3v) is 4.01. The number of hydrogen-bond acceptors (Lipinski definition) is 5. The standard InChI is InChI=1S/C8H16N2O6S/c1-16-3-2-9-17(14,15)10-5-6(11)4-7(10)8(12)13/h6-7,9,11H,2-5H2,1H3,(H,12,13)/t6-,7-/m0/s1. The van der Waals surface area contributed by atoms with Gasteiger partial charge in [0.05, 0.1) is 12.7 Å². The molecule has 0 amide bonds. The molecule has 0 spiro atoms.